The number of nitrogens with one attached hydrogen (secondary N) is 3. The number of hydrogen-bond acceptors (Lipinski definition) is 4. The van der Waals surface area contributed by atoms with Crippen molar-refractivity contribution in [3.05, 3.63) is 34.9 Å². The molecule has 0 saturated heterocycles. The number of benzene rings is 1. The van der Waals surface area contributed by atoms with Crippen molar-refractivity contribution in [2.75, 3.05) is 45.8 Å². The van der Waals surface area contributed by atoms with Crippen LogP contribution in [0.2, 0.25) is 0 Å². The van der Waals surface area contributed by atoms with Crippen molar-refractivity contribution in [3.8, 4) is 0 Å². The summed E-state index contributed by atoms with van der Waals surface area (Å²) in [5.41, 5.74) is 1.93. The lowest BCUT2D eigenvalue weighted by Gasteiger charge is -2.21. The molecule has 6 nitrogen and oxygen atoms in total. The summed E-state index contributed by atoms with van der Waals surface area (Å²) in [6.07, 6.45) is 6.61. The van der Waals surface area contributed by atoms with Gasteiger partial charge in [0.05, 0.1) is 0 Å². The molecule has 3 N–H and O–H groups in total. The van der Waals surface area contributed by atoms with E-state index in [2.05, 4.69) is 62.4 Å². The zero-order chi connectivity index (χ0) is 25.4. The van der Waals surface area contributed by atoms with E-state index in [4.69, 9.17) is 0 Å². The molecule has 0 saturated carbocycles. The number of unbranched alkanes of at least 4 members (excludes halogenated alkanes) is 2. The molecule has 1 aromatic rings. The third-order valence-electron chi connectivity index (χ3n) is 6.02. The van der Waals surface area contributed by atoms with E-state index < -0.39 is 0 Å². The molecule has 6 heteroatoms. The molecule has 0 unspecified atom stereocenters. The Balaban J connectivity index is 2.67. The normalized spacial score (nSPS) is 11.6. The SMILES string of the molecule is CCCCCNCCCNC(=O)c1cc(C(=O)NCCCN(CC)CCC)cc(C(C)(C)C)c1. The minimum Gasteiger partial charge on any atom is -0.352 e. The first-order valence-electron chi connectivity index (χ1n) is 13.4. The van der Waals surface area contributed by atoms with Gasteiger partial charge in [0, 0.05) is 24.2 Å². The first-order valence-corrected chi connectivity index (χ1v) is 13.4. The van der Waals surface area contributed by atoms with Gasteiger partial charge in [-0.25, -0.2) is 0 Å². The van der Waals surface area contributed by atoms with Crippen LogP contribution in [0.1, 0.15) is 106 Å². The van der Waals surface area contributed by atoms with E-state index in [0.717, 1.165) is 57.5 Å². The van der Waals surface area contributed by atoms with Crippen LogP contribution in [0.3, 0.4) is 0 Å². The number of amides is 2. The molecular formula is C28H50N4O2. The summed E-state index contributed by atoms with van der Waals surface area (Å²) in [4.78, 5) is 28.1. The van der Waals surface area contributed by atoms with Crippen LogP contribution in [-0.4, -0.2) is 62.5 Å². The van der Waals surface area contributed by atoms with Crippen molar-refractivity contribution in [1.82, 2.24) is 20.9 Å². The van der Waals surface area contributed by atoms with E-state index in [1.165, 1.54) is 19.3 Å². The molecule has 34 heavy (non-hydrogen) atoms. The lowest BCUT2D eigenvalue weighted by Crippen LogP contribution is -2.31. The van der Waals surface area contributed by atoms with Gasteiger partial charge in [-0.3, -0.25) is 9.59 Å². The molecule has 2 amide bonds. The van der Waals surface area contributed by atoms with Gasteiger partial charge in [-0.2, -0.15) is 0 Å². The smallest absolute Gasteiger partial charge is 0.251 e. The second kappa shape index (κ2) is 16.7. The lowest BCUT2D eigenvalue weighted by molar-refractivity contribution is 0.0951. The molecule has 0 fully saturated rings. The molecule has 0 spiro atoms. The van der Waals surface area contributed by atoms with Gasteiger partial charge >= 0.3 is 0 Å². The van der Waals surface area contributed by atoms with E-state index in [0.29, 0.717) is 24.2 Å². The predicted octanol–water partition coefficient (Wildman–Crippen LogP) is 4.74. The number of carbonyl (C=O) groups is 2. The first-order chi connectivity index (χ1) is 16.2. The summed E-state index contributed by atoms with van der Waals surface area (Å²) in [6, 6.07) is 5.55. The Morgan fingerprint density at radius 2 is 1.32 bits per heavy atom. The Labute approximate surface area is 208 Å². The minimum atomic E-state index is -0.157. The second-order valence-corrected chi connectivity index (χ2v) is 10.2. The Morgan fingerprint density at radius 3 is 1.85 bits per heavy atom. The molecule has 1 aromatic carbocycles. The quantitative estimate of drug-likeness (QED) is 0.285. The number of carbonyl (C=O) groups excluding carboxylic acids is 2. The molecule has 0 radical (unpaired) electrons. The fourth-order valence-electron chi connectivity index (χ4n) is 3.82. The van der Waals surface area contributed by atoms with Crippen molar-refractivity contribution in [2.24, 2.45) is 0 Å². The summed E-state index contributed by atoms with van der Waals surface area (Å²) < 4.78 is 0. The van der Waals surface area contributed by atoms with E-state index in [-0.39, 0.29) is 17.2 Å². The molecule has 0 aliphatic carbocycles. The molecule has 0 aliphatic rings. The fourth-order valence-corrected chi connectivity index (χ4v) is 3.82. The fraction of sp³-hybridized carbons (Fsp3) is 0.714. The summed E-state index contributed by atoms with van der Waals surface area (Å²) in [6.45, 7) is 19.1. The zero-order valence-corrected chi connectivity index (χ0v) is 22.7. The minimum absolute atomic E-state index is 0.116. The maximum absolute atomic E-state index is 12.9. The molecule has 0 aliphatic heterocycles. The largest absolute Gasteiger partial charge is 0.352 e. The van der Waals surface area contributed by atoms with Crippen molar-refractivity contribution in [1.29, 1.82) is 0 Å². The van der Waals surface area contributed by atoms with Gasteiger partial charge < -0.3 is 20.9 Å². The van der Waals surface area contributed by atoms with Crippen LogP contribution in [0.15, 0.2) is 18.2 Å². The molecular weight excluding hydrogens is 424 g/mol. The Kier molecular flexibility index (Phi) is 14.8. The van der Waals surface area contributed by atoms with Gasteiger partial charge in [0.2, 0.25) is 0 Å². The van der Waals surface area contributed by atoms with Gasteiger partial charge in [-0.05, 0) is 87.6 Å². The van der Waals surface area contributed by atoms with E-state index >= 15 is 0 Å². The average molecular weight is 475 g/mol. The third-order valence-corrected chi connectivity index (χ3v) is 6.02. The molecule has 0 bridgehead atoms. The van der Waals surface area contributed by atoms with E-state index in [1.54, 1.807) is 6.07 Å². The number of hydrogen-bond donors (Lipinski definition) is 3. The van der Waals surface area contributed by atoms with Crippen molar-refractivity contribution >= 4 is 11.8 Å². The standard InChI is InChI=1S/C28H50N4O2/c1-7-10-11-14-29-15-12-16-30-26(33)23-20-24(22-25(21-23)28(4,5)6)27(34)31-17-13-19-32(9-3)18-8-2/h20-22,29H,7-19H2,1-6H3,(H,30,33)(H,31,34). The van der Waals surface area contributed by atoms with Crippen LogP contribution in [0.5, 0.6) is 0 Å². The van der Waals surface area contributed by atoms with Gasteiger partial charge in [0.15, 0.2) is 0 Å². The highest BCUT2D eigenvalue weighted by molar-refractivity contribution is 6.00. The molecule has 194 valence electrons. The van der Waals surface area contributed by atoms with Crippen LogP contribution in [0.4, 0.5) is 0 Å². The van der Waals surface area contributed by atoms with Gasteiger partial charge in [-0.1, -0.05) is 54.4 Å². The van der Waals surface area contributed by atoms with Crippen molar-refractivity contribution in [2.45, 2.75) is 85.5 Å². The van der Waals surface area contributed by atoms with Crippen LogP contribution < -0.4 is 16.0 Å². The summed E-state index contributed by atoms with van der Waals surface area (Å²) in [5.74, 6) is -0.237. The van der Waals surface area contributed by atoms with Crippen LogP contribution in [0, 0.1) is 0 Å². The second-order valence-electron chi connectivity index (χ2n) is 10.2. The van der Waals surface area contributed by atoms with Gasteiger partial charge in [0.25, 0.3) is 11.8 Å². The highest BCUT2D eigenvalue weighted by atomic mass is 16.2. The van der Waals surface area contributed by atoms with E-state index in [9.17, 15) is 9.59 Å². The van der Waals surface area contributed by atoms with Crippen LogP contribution in [0.25, 0.3) is 0 Å². The average Bonchev–Trinajstić information content (AvgIpc) is 2.81. The van der Waals surface area contributed by atoms with E-state index in [1.807, 2.05) is 12.1 Å². The summed E-state index contributed by atoms with van der Waals surface area (Å²) in [5, 5.41) is 9.47. The Hall–Kier alpha value is -1.92. The lowest BCUT2D eigenvalue weighted by atomic mass is 9.85. The summed E-state index contributed by atoms with van der Waals surface area (Å²) in [7, 11) is 0. The Morgan fingerprint density at radius 1 is 0.735 bits per heavy atom. The van der Waals surface area contributed by atoms with Crippen LogP contribution in [-0.2, 0) is 5.41 Å². The molecule has 1 rings (SSSR count). The maximum atomic E-state index is 12.9. The highest BCUT2D eigenvalue weighted by Crippen LogP contribution is 2.25. The number of rotatable bonds is 17. The Bertz CT molecular complexity index is 728. The van der Waals surface area contributed by atoms with Crippen LogP contribution >= 0.6 is 0 Å². The molecule has 0 heterocycles. The zero-order valence-electron chi connectivity index (χ0n) is 22.7. The maximum Gasteiger partial charge on any atom is 0.251 e. The van der Waals surface area contributed by atoms with Crippen molar-refractivity contribution in [3.63, 3.8) is 0 Å². The first kappa shape index (κ1) is 30.1. The molecule has 0 atom stereocenters. The van der Waals surface area contributed by atoms with Gasteiger partial charge in [0.1, 0.15) is 0 Å². The number of nitrogens with zero attached hydrogens (tertiary/aromatic N) is 1. The molecule has 0 aromatic heterocycles. The third kappa shape index (κ3) is 12.0. The monoisotopic (exact) mass is 474 g/mol. The van der Waals surface area contributed by atoms with Crippen molar-refractivity contribution < 1.29 is 9.59 Å². The topological polar surface area (TPSA) is 73.5 Å². The summed E-state index contributed by atoms with van der Waals surface area (Å²) >= 11 is 0. The highest BCUT2D eigenvalue weighted by Gasteiger charge is 2.19. The predicted molar refractivity (Wildman–Crippen MR) is 144 cm³/mol. The van der Waals surface area contributed by atoms with Gasteiger partial charge in [-0.15, -0.1) is 0 Å².